The van der Waals surface area contributed by atoms with Crippen LogP contribution in [0.1, 0.15) is 55.6 Å². The van der Waals surface area contributed by atoms with Crippen LogP contribution in [-0.4, -0.2) is 16.2 Å². The number of hydrogen-bond acceptors (Lipinski definition) is 3. The first kappa shape index (κ1) is 13.0. The third kappa shape index (κ3) is 4.40. The minimum atomic E-state index is -0.195. The second-order valence-corrected chi connectivity index (χ2v) is 6.37. The van der Waals surface area contributed by atoms with Crippen molar-refractivity contribution in [3.63, 3.8) is 0 Å². The van der Waals surface area contributed by atoms with E-state index >= 15 is 0 Å². The van der Waals surface area contributed by atoms with E-state index in [0.717, 1.165) is 29.5 Å². The van der Waals surface area contributed by atoms with Gasteiger partial charge < -0.3 is 5.11 Å². The molecule has 1 heterocycles. The maximum atomic E-state index is 10.1. The van der Waals surface area contributed by atoms with Crippen molar-refractivity contribution in [2.24, 2.45) is 5.92 Å². The lowest BCUT2D eigenvalue weighted by molar-refractivity contribution is 0.137. The van der Waals surface area contributed by atoms with Crippen molar-refractivity contribution in [2.75, 3.05) is 0 Å². The Hall–Kier alpha value is -0.410. The van der Waals surface area contributed by atoms with Crippen molar-refractivity contribution in [3.8, 4) is 0 Å². The molecule has 1 atom stereocenters. The van der Waals surface area contributed by atoms with E-state index in [1.807, 2.05) is 6.92 Å². The summed E-state index contributed by atoms with van der Waals surface area (Å²) in [6, 6.07) is 0. The Morgan fingerprint density at radius 3 is 2.65 bits per heavy atom. The van der Waals surface area contributed by atoms with Gasteiger partial charge in [0.25, 0.3) is 0 Å². The van der Waals surface area contributed by atoms with Crippen LogP contribution in [0.4, 0.5) is 0 Å². The van der Waals surface area contributed by atoms with Gasteiger partial charge >= 0.3 is 0 Å². The molecule has 2 nitrogen and oxygen atoms in total. The summed E-state index contributed by atoms with van der Waals surface area (Å²) in [6.45, 7) is 2.02. The Bertz CT molecular complexity index is 329. The van der Waals surface area contributed by atoms with Gasteiger partial charge in [-0.3, -0.25) is 0 Å². The molecule has 1 aromatic rings. The molecular weight excluding hydrogens is 230 g/mol. The van der Waals surface area contributed by atoms with Gasteiger partial charge in [-0.2, -0.15) is 0 Å². The Kier molecular flexibility index (Phi) is 4.99. The van der Waals surface area contributed by atoms with Gasteiger partial charge in [0.15, 0.2) is 0 Å². The zero-order chi connectivity index (χ0) is 12.1. The van der Waals surface area contributed by atoms with Gasteiger partial charge in [-0.05, 0) is 19.3 Å². The zero-order valence-electron chi connectivity index (χ0n) is 10.7. The lowest BCUT2D eigenvalue weighted by Crippen LogP contribution is -2.16. The molecule has 2 rings (SSSR count). The van der Waals surface area contributed by atoms with Gasteiger partial charge in [-0.15, -0.1) is 11.3 Å². The average molecular weight is 253 g/mol. The van der Waals surface area contributed by atoms with E-state index in [4.69, 9.17) is 0 Å². The largest absolute Gasteiger partial charge is 0.393 e. The van der Waals surface area contributed by atoms with E-state index in [1.165, 1.54) is 38.5 Å². The highest BCUT2D eigenvalue weighted by atomic mass is 32.1. The Labute approximate surface area is 108 Å². The highest BCUT2D eigenvalue weighted by Crippen LogP contribution is 2.27. The van der Waals surface area contributed by atoms with Gasteiger partial charge in [0.2, 0.25) is 0 Å². The molecule has 0 aliphatic heterocycles. The van der Waals surface area contributed by atoms with Gasteiger partial charge in [0, 0.05) is 11.8 Å². The average Bonchev–Trinajstić information content (AvgIpc) is 2.53. The number of rotatable bonds is 4. The number of aliphatic hydroxyl groups is 1. The fourth-order valence-electron chi connectivity index (χ4n) is 2.81. The minimum Gasteiger partial charge on any atom is -0.393 e. The van der Waals surface area contributed by atoms with E-state index in [-0.39, 0.29) is 6.10 Å². The van der Waals surface area contributed by atoms with Crippen LogP contribution in [-0.2, 0) is 6.42 Å². The van der Waals surface area contributed by atoms with Gasteiger partial charge in [-0.25, -0.2) is 4.98 Å². The molecule has 17 heavy (non-hydrogen) atoms. The highest BCUT2D eigenvalue weighted by molar-refractivity contribution is 7.09. The lowest BCUT2D eigenvalue weighted by Gasteiger charge is -2.17. The van der Waals surface area contributed by atoms with Crippen LogP contribution < -0.4 is 0 Å². The summed E-state index contributed by atoms with van der Waals surface area (Å²) in [4.78, 5) is 4.42. The van der Waals surface area contributed by atoms with Crippen molar-refractivity contribution in [2.45, 2.75) is 64.4 Å². The van der Waals surface area contributed by atoms with E-state index < -0.39 is 0 Å². The van der Waals surface area contributed by atoms with E-state index in [1.54, 1.807) is 11.3 Å². The number of hydrogen-bond donors (Lipinski definition) is 1. The Morgan fingerprint density at radius 2 is 2.06 bits per heavy atom. The molecule has 1 saturated carbocycles. The van der Waals surface area contributed by atoms with Gasteiger partial charge in [-0.1, -0.05) is 38.5 Å². The smallest absolute Gasteiger partial charge is 0.0897 e. The Morgan fingerprint density at radius 1 is 1.35 bits per heavy atom. The van der Waals surface area contributed by atoms with Crippen LogP contribution in [0.5, 0.6) is 0 Å². The first-order chi connectivity index (χ1) is 8.24. The summed E-state index contributed by atoms with van der Waals surface area (Å²) >= 11 is 1.67. The van der Waals surface area contributed by atoms with Crippen molar-refractivity contribution >= 4 is 11.3 Å². The van der Waals surface area contributed by atoms with E-state index in [2.05, 4.69) is 10.4 Å². The van der Waals surface area contributed by atoms with E-state index in [0.29, 0.717) is 0 Å². The predicted molar refractivity (Wildman–Crippen MR) is 72.4 cm³/mol. The molecule has 0 aromatic carbocycles. The second-order valence-electron chi connectivity index (χ2n) is 5.31. The number of aryl methyl sites for hydroxylation is 1. The first-order valence-corrected chi connectivity index (χ1v) is 7.71. The fourth-order valence-corrected chi connectivity index (χ4v) is 3.44. The molecule has 1 fully saturated rings. The molecule has 0 saturated heterocycles. The van der Waals surface area contributed by atoms with Crippen molar-refractivity contribution in [1.29, 1.82) is 0 Å². The lowest BCUT2D eigenvalue weighted by atomic mass is 9.92. The normalized spacial score (nSPS) is 20.1. The predicted octanol–water partition coefficient (Wildman–Crippen LogP) is 3.72. The van der Waals surface area contributed by atoms with Crippen molar-refractivity contribution in [1.82, 2.24) is 4.98 Å². The quantitative estimate of drug-likeness (QED) is 0.830. The highest BCUT2D eigenvalue weighted by Gasteiger charge is 2.17. The molecule has 1 aliphatic rings. The molecule has 0 radical (unpaired) electrons. The maximum Gasteiger partial charge on any atom is 0.0897 e. The number of nitrogens with zero attached hydrogens (tertiary/aromatic N) is 1. The van der Waals surface area contributed by atoms with Gasteiger partial charge in [0.05, 0.1) is 16.8 Å². The third-order valence-corrected chi connectivity index (χ3v) is 4.51. The fraction of sp³-hybridized carbons (Fsp3) is 0.786. The van der Waals surface area contributed by atoms with Gasteiger partial charge in [0.1, 0.15) is 0 Å². The maximum absolute atomic E-state index is 10.1. The molecular formula is C14H23NOS. The number of aliphatic hydroxyl groups excluding tert-OH is 1. The monoisotopic (exact) mass is 253 g/mol. The second kappa shape index (κ2) is 6.50. The zero-order valence-corrected chi connectivity index (χ0v) is 11.5. The molecule has 0 bridgehead atoms. The molecule has 1 N–H and O–H groups in total. The minimum absolute atomic E-state index is 0.195. The van der Waals surface area contributed by atoms with Crippen LogP contribution in [0.3, 0.4) is 0 Å². The van der Waals surface area contributed by atoms with Crippen LogP contribution in [0.2, 0.25) is 0 Å². The molecule has 0 amide bonds. The standard InChI is InChI=1S/C14H23NOS/c1-11-15-13(10-17-11)9-14(16)8-12-6-4-2-3-5-7-12/h10,12,14,16H,2-9H2,1H3. The molecule has 1 aliphatic carbocycles. The summed E-state index contributed by atoms with van der Waals surface area (Å²) in [5.74, 6) is 0.743. The summed E-state index contributed by atoms with van der Waals surface area (Å²) < 4.78 is 0. The van der Waals surface area contributed by atoms with Crippen LogP contribution in [0.25, 0.3) is 0 Å². The Balaban J connectivity index is 1.77. The van der Waals surface area contributed by atoms with Crippen LogP contribution >= 0.6 is 11.3 Å². The number of thiazole rings is 1. The molecule has 1 unspecified atom stereocenters. The van der Waals surface area contributed by atoms with Crippen LogP contribution in [0.15, 0.2) is 5.38 Å². The topological polar surface area (TPSA) is 33.1 Å². The summed E-state index contributed by atoms with van der Waals surface area (Å²) in [7, 11) is 0. The summed E-state index contributed by atoms with van der Waals surface area (Å²) in [5.41, 5.74) is 1.06. The van der Waals surface area contributed by atoms with E-state index in [9.17, 15) is 5.11 Å². The molecule has 3 heteroatoms. The molecule has 0 spiro atoms. The summed E-state index contributed by atoms with van der Waals surface area (Å²) in [5, 5.41) is 13.3. The molecule has 96 valence electrons. The first-order valence-electron chi connectivity index (χ1n) is 6.83. The van der Waals surface area contributed by atoms with Crippen molar-refractivity contribution in [3.05, 3.63) is 16.1 Å². The molecule has 1 aromatic heterocycles. The van der Waals surface area contributed by atoms with Crippen LogP contribution in [0, 0.1) is 12.8 Å². The number of aromatic nitrogens is 1. The van der Waals surface area contributed by atoms with Crippen molar-refractivity contribution < 1.29 is 5.11 Å². The third-order valence-electron chi connectivity index (χ3n) is 3.69. The SMILES string of the molecule is Cc1nc(CC(O)CC2CCCCCC2)cs1. The summed E-state index contributed by atoms with van der Waals surface area (Å²) in [6.07, 6.45) is 9.62.